The lowest BCUT2D eigenvalue weighted by Crippen LogP contribution is -2.44. The summed E-state index contributed by atoms with van der Waals surface area (Å²) >= 11 is 1.70. The van der Waals surface area contributed by atoms with Crippen LogP contribution in [0.15, 0.2) is 0 Å². The van der Waals surface area contributed by atoms with Gasteiger partial charge in [-0.15, -0.1) is 11.8 Å². The number of nitrogens with one attached hydrogen (secondary N) is 1. The Morgan fingerprint density at radius 2 is 1.94 bits per heavy atom. The second kappa shape index (κ2) is 5.95. The number of carboxylic acids is 1. The van der Waals surface area contributed by atoms with Crippen LogP contribution in [0.1, 0.15) is 44.9 Å². The van der Waals surface area contributed by atoms with Crippen LogP contribution in [-0.2, 0) is 9.59 Å². The lowest BCUT2D eigenvalue weighted by molar-refractivity contribution is -0.148. The van der Waals surface area contributed by atoms with E-state index in [9.17, 15) is 14.7 Å². The standard InChI is InChI=1S/C13H21NO3S/c15-11(10-5-1-4-8-18-10)14-9-13(12(16)17)6-2-3-7-13/h10H,1-9H2,(H,14,15)(H,16,17). The molecule has 1 aliphatic heterocycles. The van der Waals surface area contributed by atoms with E-state index >= 15 is 0 Å². The van der Waals surface area contributed by atoms with Crippen LogP contribution in [0.4, 0.5) is 0 Å². The summed E-state index contributed by atoms with van der Waals surface area (Å²) in [6.07, 6.45) is 6.53. The largest absolute Gasteiger partial charge is 0.481 e. The Bertz CT molecular complexity index is 320. The van der Waals surface area contributed by atoms with E-state index in [0.29, 0.717) is 19.4 Å². The number of thioether (sulfide) groups is 1. The van der Waals surface area contributed by atoms with Crippen LogP contribution >= 0.6 is 11.8 Å². The maximum absolute atomic E-state index is 12.0. The molecule has 0 bridgehead atoms. The van der Waals surface area contributed by atoms with E-state index in [1.54, 1.807) is 11.8 Å². The molecule has 1 amide bonds. The molecule has 0 radical (unpaired) electrons. The van der Waals surface area contributed by atoms with Gasteiger partial charge in [-0.05, 0) is 31.4 Å². The van der Waals surface area contributed by atoms with Crippen LogP contribution in [0, 0.1) is 5.41 Å². The van der Waals surface area contributed by atoms with Crippen LogP contribution in [0.5, 0.6) is 0 Å². The van der Waals surface area contributed by atoms with Crippen molar-refractivity contribution in [3.8, 4) is 0 Å². The fourth-order valence-electron chi connectivity index (χ4n) is 2.84. The highest BCUT2D eigenvalue weighted by Crippen LogP contribution is 2.38. The quantitative estimate of drug-likeness (QED) is 0.821. The van der Waals surface area contributed by atoms with E-state index in [0.717, 1.165) is 31.4 Å². The van der Waals surface area contributed by atoms with Crippen molar-refractivity contribution >= 4 is 23.6 Å². The predicted molar refractivity (Wildman–Crippen MR) is 71.6 cm³/mol. The highest BCUT2D eigenvalue weighted by atomic mass is 32.2. The average molecular weight is 271 g/mol. The SMILES string of the molecule is O=C(NCC1(C(=O)O)CCCC1)C1CCCCS1. The molecule has 2 rings (SSSR count). The van der Waals surface area contributed by atoms with Crippen molar-refractivity contribution in [2.75, 3.05) is 12.3 Å². The van der Waals surface area contributed by atoms with Gasteiger partial charge in [0, 0.05) is 6.54 Å². The maximum atomic E-state index is 12.0. The minimum absolute atomic E-state index is 0.0333. The molecule has 102 valence electrons. The molecule has 0 aromatic rings. The van der Waals surface area contributed by atoms with Crippen molar-refractivity contribution in [3.05, 3.63) is 0 Å². The van der Waals surface area contributed by atoms with Crippen molar-refractivity contribution in [1.29, 1.82) is 0 Å². The third kappa shape index (κ3) is 2.99. The van der Waals surface area contributed by atoms with Gasteiger partial charge in [0.2, 0.25) is 5.91 Å². The second-order valence-corrected chi connectivity index (χ2v) is 6.68. The third-order valence-electron chi connectivity index (χ3n) is 4.09. The van der Waals surface area contributed by atoms with Crippen molar-refractivity contribution in [2.24, 2.45) is 5.41 Å². The van der Waals surface area contributed by atoms with Gasteiger partial charge >= 0.3 is 5.97 Å². The van der Waals surface area contributed by atoms with E-state index in [1.807, 2.05) is 0 Å². The summed E-state index contributed by atoms with van der Waals surface area (Å²) in [5, 5.41) is 12.2. The summed E-state index contributed by atoms with van der Waals surface area (Å²) in [5.74, 6) is 0.325. The van der Waals surface area contributed by atoms with Crippen molar-refractivity contribution in [3.63, 3.8) is 0 Å². The molecule has 1 heterocycles. The first kappa shape index (κ1) is 13.7. The van der Waals surface area contributed by atoms with Gasteiger partial charge in [-0.1, -0.05) is 19.3 Å². The van der Waals surface area contributed by atoms with E-state index < -0.39 is 11.4 Å². The molecular weight excluding hydrogens is 250 g/mol. The van der Waals surface area contributed by atoms with Crippen LogP contribution in [-0.4, -0.2) is 34.5 Å². The molecule has 1 saturated heterocycles. The average Bonchev–Trinajstić information content (AvgIpc) is 2.87. The second-order valence-electron chi connectivity index (χ2n) is 5.37. The third-order valence-corrected chi connectivity index (χ3v) is 5.46. The van der Waals surface area contributed by atoms with Crippen molar-refractivity contribution in [2.45, 2.75) is 50.2 Å². The minimum atomic E-state index is -0.753. The molecular formula is C13H21NO3S. The number of hydrogen-bond acceptors (Lipinski definition) is 3. The summed E-state index contributed by atoms with van der Waals surface area (Å²) in [7, 11) is 0. The fourth-order valence-corrected chi connectivity index (χ4v) is 4.06. The lowest BCUT2D eigenvalue weighted by Gasteiger charge is -2.26. The van der Waals surface area contributed by atoms with Gasteiger partial charge in [-0.2, -0.15) is 0 Å². The first-order valence-electron chi connectivity index (χ1n) is 6.77. The molecule has 0 aromatic carbocycles. The minimum Gasteiger partial charge on any atom is -0.481 e. The van der Waals surface area contributed by atoms with E-state index in [4.69, 9.17) is 0 Å². The summed E-state index contributed by atoms with van der Waals surface area (Å²) in [5.41, 5.74) is -0.699. The number of carbonyl (C=O) groups excluding carboxylic acids is 1. The Labute approximate surface area is 112 Å². The molecule has 1 aliphatic carbocycles. The zero-order chi connectivity index (χ0) is 13.0. The molecule has 0 aromatic heterocycles. The maximum Gasteiger partial charge on any atom is 0.311 e. The van der Waals surface area contributed by atoms with E-state index in [2.05, 4.69) is 5.32 Å². The summed E-state index contributed by atoms with van der Waals surface area (Å²) < 4.78 is 0. The fraction of sp³-hybridized carbons (Fsp3) is 0.846. The smallest absolute Gasteiger partial charge is 0.311 e. The summed E-state index contributed by atoms with van der Waals surface area (Å²) in [6.45, 7) is 0.304. The lowest BCUT2D eigenvalue weighted by atomic mass is 9.86. The first-order chi connectivity index (χ1) is 8.64. The Kier molecular flexibility index (Phi) is 4.54. The molecule has 2 fully saturated rings. The van der Waals surface area contributed by atoms with Crippen molar-refractivity contribution < 1.29 is 14.7 Å². The zero-order valence-corrected chi connectivity index (χ0v) is 11.4. The molecule has 0 spiro atoms. The number of carbonyl (C=O) groups is 2. The summed E-state index contributed by atoms with van der Waals surface area (Å²) in [6, 6.07) is 0. The number of rotatable bonds is 4. The topological polar surface area (TPSA) is 66.4 Å². The van der Waals surface area contributed by atoms with Gasteiger partial charge < -0.3 is 10.4 Å². The summed E-state index contributed by atoms with van der Waals surface area (Å²) in [4.78, 5) is 23.4. The van der Waals surface area contributed by atoms with E-state index in [-0.39, 0.29) is 11.2 Å². The molecule has 4 nitrogen and oxygen atoms in total. The number of carboxylic acid groups (broad SMARTS) is 1. The number of aliphatic carboxylic acids is 1. The normalized spacial score (nSPS) is 26.8. The molecule has 5 heteroatoms. The highest BCUT2D eigenvalue weighted by Gasteiger charge is 2.41. The van der Waals surface area contributed by atoms with Crippen LogP contribution in [0.25, 0.3) is 0 Å². The number of amides is 1. The van der Waals surface area contributed by atoms with Gasteiger partial charge in [-0.3, -0.25) is 9.59 Å². The van der Waals surface area contributed by atoms with Gasteiger partial charge in [0.05, 0.1) is 10.7 Å². The van der Waals surface area contributed by atoms with Crippen molar-refractivity contribution in [1.82, 2.24) is 5.32 Å². The monoisotopic (exact) mass is 271 g/mol. The Morgan fingerprint density at radius 1 is 1.22 bits per heavy atom. The molecule has 18 heavy (non-hydrogen) atoms. The predicted octanol–water partition coefficient (Wildman–Crippen LogP) is 2.03. The molecule has 1 atom stereocenters. The van der Waals surface area contributed by atoms with Crippen LogP contribution in [0.2, 0.25) is 0 Å². The molecule has 1 saturated carbocycles. The zero-order valence-electron chi connectivity index (χ0n) is 10.6. The van der Waals surface area contributed by atoms with Crippen LogP contribution < -0.4 is 5.32 Å². The number of hydrogen-bond donors (Lipinski definition) is 2. The van der Waals surface area contributed by atoms with Gasteiger partial charge in [0.15, 0.2) is 0 Å². The molecule has 1 unspecified atom stereocenters. The molecule has 2 aliphatic rings. The van der Waals surface area contributed by atoms with Crippen LogP contribution in [0.3, 0.4) is 0 Å². The van der Waals surface area contributed by atoms with Gasteiger partial charge in [0.25, 0.3) is 0 Å². The van der Waals surface area contributed by atoms with Gasteiger partial charge in [0.1, 0.15) is 0 Å². The van der Waals surface area contributed by atoms with Gasteiger partial charge in [-0.25, -0.2) is 0 Å². The molecule has 2 N–H and O–H groups in total. The van der Waals surface area contributed by atoms with E-state index in [1.165, 1.54) is 6.42 Å². The highest BCUT2D eigenvalue weighted by molar-refractivity contribution is 8.00. The Hall–Kier alpha value is -0.710. The first-order valence-corrected chi connectivity index (χ1v) is 7.82. The Balaban J connectivity index is 1.85. The Morgan fingerprint density at radius 3 is 2.50 bits per heavy atom.